The smallest absolute Gasteiger partial charge is 0.224 e. The van der Waals surface area contributed by atoms with Gasteiger partial charge in [0.05, 0.1) is 0 Å². The molecule has 0 radical (unpaired) electrons. The molecule has 15 heavy (non-hydrogen) atoms. The van der Waals surface area contributed by atoms with Gasteiger partial charge in [-0.05, 0) is 6.07 Å². The summed E-state index contributed by atoms with van der Waals surface area (Å²) < 4.78 is 0. The van der Waals surface area contributed by atoms with Crippen LogP contribution in [0.4, 0.5) is 0 Å². The van der Waals surface area contributed by atoms with Crippen LogP contribution in [0, 0.1) is 0 Å². The van der Waals surface area contributed by atoms with Gasteiger partial charge in [-0.25, -0.2) is 0 Å². The predicted octanol–water partition coefficient (Wildman–Crippen LogP) is 2.93. The molecule has 2 rings (SSSR count). The Balaban J connectivity index is 2.30. The number of carbonyl (C=O) groups excluding carboxylic acids is 1. The minimum Gasteiger partial charge on any atom is -0.330 e. The van der Waals surface area contributed by atoms with Crippen molar-refractivity contribution in [1.29, 1.82) is 0 Å². The minimum atomic E-state index is 0.0694. The second-order valence-corrected chi connectivity index (χ2v) is 5.09. The average Bonchev–Trinajstić information content (AvgIpc) is 2.23. The fourth-order valence-electron chi connectivity index (χ4n) is 1.65. The highest BCUT2D eigenvalue weighted by Gasteiger charge is 2.27. The van der Waals surface area contributed by atoms with Crippen molar-refractivity contribution in [3.63, 3.8) is 0 Å². The first kappa shape index (κ1) is 10.8. The van der Waals surface area contributed by atoms with E-state index in [1.54, 1.807) is 16.7 Å². The fraction of sp³-hybridized carbons (Fsp3) is 0.364. The predicted molar refractivity (Wildman–Crippen MR) is 64.0 cm³/mol. The van der Waals surface area contributed by atoms with E-state index in [9.17, 15) is 4.79 Å². The molecule has 1 aromatic carbocycles. The third kappa shape index (κ3) is 2.13. The summed E-state index contributed by atoms with van der Waals surface area (Å²) in [6.45, 7) is 0. The van der Waals surface area contributed by atoms with Gasteiger partial charge in [-0.1, -0.05) is 29.8 Å². The maximum atomic E-state index is 11.6. The van der Waals surface area contributed by atoms with Crippen molar-refractivity contribution in [2.75, 3.05) is 12.8 Å². The second kappa shape index (κ2) is 4.45. The van der Waals surface area contributed by atoms with Crippen LogP contribution in [0.5, 0.6) is 0 Å². The molecule has 1 saturated heterocycles. The normalized spacial score (nSPS) is 21.9. The SMILES string of the molecule is CN1C(=O)CCSC1c1ccccc1Cl. The van der Waals surface area contributed by atoms with Crippen LogP contribution in [0.1, 0.15) is 17.4 Å². The molecule has 1 fully saturated rings. The molecule has 80 valence electrons. The van der Waals surface area contributed by atoms with Crippen molar-refractivity contribution in [2.24, 2.45) is 0 Å². The standard InChI is InChI=1S/C11H12ClNOS/c1-13-10(14)6-7-15-11(13)8-4-2-3-5-9(8)12/h2-5,11H,6-7H2,1H3. The van der Waals surface area contributed by atoms with Gasteiger partial charge in [-0.15, -0.1) is 11.8 Å². The Morgan fingerprint density at radius 3 is 2.93 bits per heavy atom. The van der Waals surface area contributed by atoms with Gasteiger partial charge >= 0.3 is 0 Å². The lowest BCUT2D eigenvalue weighted by Crippen LogP contribution is -2.33. The Hall–Kier alpha value is -0.670. The highest BCUT2D eigenvalue weighted by Crippen LogP contribution is 2.38. The summed E-state index contributed by atoms with van der Waals surface area (Å²) >= 11 is 7.88. The number of hydrogen-bond donors (Lipinski definition) is 0. The summed E-state index contributed by atoms with van der Waals surface area (Å²) in [7, 11) is 1.84. The number of hydrogen-bond acceptors (Lipinski definition) is 2. The van der Waals surface area contributed by atoms with Crippen LogP contribution in [0.3, 0.4) is 0 Å². The molecule has 0 aliphatic carbocycles. The van der Waals surface area contributed by atoms with Crippen LogP contribution in [0.2, 0.25) is 5.02 Å². The molecule has 1 aliphatic heterocycles. The van der Waals surface area contributed by atoms with Gasteiger partial charge in [0.25, 0.3) is 0 Å². The van der Waals surface area contributed by atoms with Gasteiger partial charge in [-0.2, -0.15) is 0 Å². The molecule has 2 nitrogen and oxygen atoms in total. The Morgan fingerprint density at radius 2 is 2.20 bits per heavy atom. The van der Waals surface area contributed by atoms with E-state index < -0.39 is 0 Å². The maximum absolute atomic E-state index is 11.6. The Labute approximate surface area is 98.6 Å². The van der Waals surface area contributed by atoms with Gasteiger partial charge < -0.3 is 4.90 Å². The number of rotatable bonds is 1. The summed E-state index contributed by atoms with van der Waals surface area (Å²) in [6, 6.07) is 7.70. The molecule has 1 aliphatic rings. The lowest BCUT2D eigenvalue weighted by Gasteiger charge is -2.32. The van der Waals surface area contributed by atoms with Crippen LogP contribution in [0.15, 0.2) is 24.3 Å². The van der Waals surface area contributed by atoms with Crippen LogP contribution < -0.4 is 0 Å². The van der Waals surface area contributed by atoms with Gasteiger partial charge in [0.1, 0.15) is 5.37 Å². The van der Waals surface area contributed by atoms with E-state index in [1.165, 1.54) is 0 Å². The fourth-order valence-corrected chi connectivity index (χ4v) is 3.20. The summed E-state index contributed by atoms with van der Waals surface area (Å²) in [5.41, 5.74) is 1.03. The van der Waals surface area contributed by atoms with Gasteiger partial charge in [0.2, 0.25) is 5.91 Å². The van der Waals surface area contributed by atoms with Crippen LogP contribution in [-0.2, 0) is 4.79 Å². The van der Waals surface area contributed by atoms with Gasteiger partial charge in [0, 0.05) is 29.8 Å². The van der Waals surface area contributed by atoms with E-state index in [0.29, 0.717) is 6.42 Å². The van der Waals surface area contributed by atoms with Crippen molar-refractivity contribution in [1.82, 2.24) is 4.90 Å². The van der Waals surface area contributed by atoms with E-state index in [4.69, 9.17) is 11.6 Å². The summed E-state index contributed by atoms with van der Waals surface area (Å²) in [6.07, 6.45) is 0.627. The molecule has 0 spiro atoms. The molecule has 1 heterocycles. The molecular weight excluding hydrogens is 230 g/mol. The monoisotopic (exact) mass is 241 g/mol. The third-order valence-corrected chi connectivity index (χ3v) is 4.18. The lowest BCUT2D eigenvalue weighted by molar-refractivity contribution is -0.130. The van der Waals surface area contributed by atoms with Crippen LogP contribution in [0.25, 0.3) is 0 Å². The highest BCUT2D eigenvalue weighted by molar-refractivity contribution is 7.99. The molecule has 0 aromatic heterocycles. The Morgan fingerprint density at radius 1 is 1.47 bits per heavy atom. The number of amides is 1. The summed E-state index contributed by atoms with van der Waals surface area (Å²) in [4.78, 5) is 13.3. The zero-order valence-corrected chi connectivity index (χ0v) is 10.0. The van der Waals surface area contributed by atoms with E-state index >= 15 is 0 Å². The molecule has 0 saturated carbocycles. The second-order valence-electron chi connectivity index (χ2n) is 3.50. The van der Waals surface area contributed by atoms with Crippen molar-refractivity contribution >= 4 is 29.3 Å². The zero-order valence-electron chi connectivity index (χ0n) is 8.44. The number of nitrogens with zero attached hydrogens (tertiary/aromatic N) is 1. The first-order chi connectivity index (χ1) is 7.20. The van der Waals surface area contributed by atoms with E-state index in [2.05, 4.69) is 0 Å². The van der Waals surface area contributed by atoms with Gasteiger partial charge in [0.15, 0.2) is 0 Å². The first-order valence-electron chi connectivity index (χ1n) is 4.82. The molecule has 0 N–H and O–H groups in total. The average molecular weight is 242 g/mol. The van der Waals surface area contributed by atoms with Crippen LogP contribution >= 0.6 is 23.4 Å². The van der Waals surface area contributed by atoms with E-state index in [0.717, 1.165) is 16.3 Å². The summed E-state index contributed by atoms with van der Waals surface area (Å²) in [5, 5.41) is 0.802. The Bertz CT molecular complexity index is 383. The van der Waals surface area contributed by atoms with Crippen molar-refractivity contribution < 1.29 is 4.79 Å². The molecule has 1 amide bonds. The zero-order chi connectivity index (χ0) is 10.8. The van der Waals surface area contributed by atoms with Crippen molar-refractivity contribution in [3.8, 4) is 0 Å². The number of benzene rings is 1. The Kier molecular flexibility index (Phi) is 3.22. The number of carbonyl (C=O) groups is 1. The topological polar surface area (TPSA) is 20.3 Å². The highest BCUT2D eigenvalue weighted by atomic mass is 35.5. The number of thioether (sulfide) groups is 1. The van der Waals surface area contributed by atoms with Crippen molar-refractivity contribution in [2.45, 2.75) is 11.8 Å². The minimum absolute atomic E-state index is 0.0694. The largest absolute Gasteiger partial charge is 0.330 e. The van der Waals surface area contributed by atoms with Crippen LogP contribution in [-0.4, -0.2) is 23.6 Å². The molecule has 4 heteroatoms. The molecule has 1 unspecified atom stereocenters. The van der Waals surface area contributed by atoms with E-state index in [-0.39, 0.29) is 11.3 Å². The van der Waals surface area contributed by atoms with Crippen molar-refractivity contribution in [3.05, 3.63) is 34.9 Å². The number of halogens is 1. The third-order valence-electron chi connectivity index (χ3n) is 2.51. The maximum Gasteiger partial charge on any atom is 0.224 e. The lowest BCUT2D eigenvalue weighted by atomic mass is 10.2. The first-order valence-corrected chi connectivity index (χ1v) is 6.24. The summed E-state index contributed by atoms with van der Waals surface area (Å²) in [5.74, 6) is 1.07. The molecule has 1 aromatic rings. The molecule has 1 atom stereocenters. The molecular formula is C11H12ClNOS. The van der Waals surface area contributed by atoms with E-state index in [1.807, 2.05) is 31.3 Å². The van der Waals surface area contributed by atoms with Gasteiger partial charge in [-0.3, -0.25) is 4.79 Å². The quantitative estimate of drug-likeness (QED) is 0.754. The molecule has 0 bridgehead atoms.